The van der Waals surface area contributed by atoms with Crippen LogP contribution in [-0.4, -0.2) is 20.1 Å². The van der Waals surface area contributed by atoms with Gasteiger partial charge in [-0.15, -0.1) is 0 Å². The fourth-order valence-corrected chi connectivity index (χ4v) is 3.73. The number of ether oxygens (including phenoxy) is 2. The van der Waals surface area contributed by atoms with Gasteiger partial charge in [0.05, 0.1) is 19.9 Å². The van der Waals surface area contributed by atoms with E-state index in [0.717, 1.165) is 39.4 Å². The minimum atomic E-state index is -0.110. The van der Waals surface area contributed by atoms with Crippen molar-refractivity contribution in [2.45, 2.75) is 0 Å². The molecule has 0 saturated carbocycles. The van der Waals surface area contributed by atoms with Crippen LogP contribution in [0.15, 0.2) is 53.2 Å². The predicted molar refractivity (Wildman–Crippen MR) is 106 cm³/mol. The molecule has 0 bridgehead atoms. The van der Waals surface area contributed by atoms with E-state index in [0.29, 0.717) is 5.57 Å². The summed E-state index contributed by atoms with van der Waals surface area (Å²) >= 11 is 1.64. The fourth-order valence-electron chi connectivity index (χ4n) is 3.07. The van der Waals surface area contributed by atoms with E-state index in [2.05, 4.69) is 16.8 Å². The maximum atomic E-state index is 12.4. The Morgan fingerprint density at radius 3 is 2.62 bits per heavy atom. The first-order valence-corrected chi connectivity index (χ1v) is 9.06. The van der Waals surface area contributed by atoms with E-state index in [1.54, 1.807) is 25.6 Å². The molecule has 0 radical (unpaired) electrons. The van der Waals surface area contributed by atoms with Crippen molar-refractivity contribution in [1.82, 2.24) is 0 Å². The Labute approximate surface area is 155 Å². The summed E-state index contributed by atoms with van der Waals surface area (Å²) in [5, 5.41) is 7.01. The maximum absolute atomic E-state index is 12.4. The third-order valence-corrected chi connectivity index (χ3v) is 5.06. The lowest BCUT2D eigenvalue weighted by Gasteiger charge is -2.09. The van der Waals surface area contributed by atoms with E-state index in [-0.39, 0.29) is 5.91 Å². The van der Waals surface area contributed by atoms with Crippen molar-refractivity contribution >= 4 is 34.6 Å². The van der Waals surface area contributed by atoms with Gasteiger partial charge in [-0.25, -0.2) is 0 Å². The highest BCUT2D eigenvalue weighted by molar-refractivity contribution is 7.08. The van der Waals surface area contributed by atoms with Crippen LogP contribution in [0.2, 0.25) is 0 Å². The van der Waals surface area contributed by atoms with Crippen LogP contribution in [-0.2, 0) is 4.79 Å². The summed E-state index contributed by atoms with van der Waals surface area (Å²) in [5.74, 6) is 1.42. The molecule has 130 valence electrons. The Bertz CT molecular complexity index is 1010. The second kappa shape index (κ2) is 6.69. The average Bonchev–Trinajstić information content (AvgIpc) is 3.30. The molecule has 0 atom stereocenters. The van der Waals surface area contributed by atoms with Gasteiger partial charge in [0.15, 0.2) is 0 Å². The number of hydrogen-bond donors (Lipinski definition) is 1. The lowest BCUT2D eigenvalue weighted by atomic mass is 10.0. The zero-order chi connectivity index (χ0) is 18.1. The first-order chi connectivity index (χ1) is 12.7. The molecule has 1 amide bonds. The standard InChI is InChI=1S/C21H17NO3S/c1-24-15-4-5-16-18(21(23)22-19(16)11-15)10-13-3-6-20(25-2)17(9-13)14-7-8-26-12-14/h3-12H,1-2H3,(H,22,23). The Kier molecular flexibility index (Phi) is 4.22. The van der Waals surface area contributed by atoms with Crippen LogP contribution in [0.1, 0.15) is 11.1 Å². The highest BCUT2D eigenvalue weighted by Gasteiger charge is 2.24. The number of nitrogens with one attached hydrogen (secondary N) is 1. The van der Waals surface area contributed by atoms with Gasteiger partial charge in [0, 0.05) is 22.8 Å². The van der Waals surface area contributed by atoms with Gasteiger partial charge in [-0.05, 0) is 58.3 Å². The number of rotatable bonds is 4. The average molecular weight is 363 g/mol. The fraction of sp³-hybridized carbons (Fsp3) is 0.0952. The molecule has 3 aromatic rings. The predicted octanol–water partition coefficient (Wildman–Crippen LogP) is 4.93. The van der Waals surface area contributed by atoms with Gasteiger partial charge in [0.25, 0.3) is 5.91 Å². The van der Waals surface area contributed by atoms with Crippen LogP contribution in [0, 0.1) is 0 Å². The minimum absolute atomic E-state index is 0.110. The molecular formula is C21H17NO3S. The van der Waals surface area contributed by atoms with Crippen molar-refractivity contribution in [1.29, 1.82) is 0 Å². The molecule has 2 aromatic carbocycles. The maximum Gasteiger partial charge on any atom is 0.256 e. The molecule has 1 N–H and O–H groups in total. The summed E-state index contributed by atoms with van der Waals surface area (Å²) in [5.41, 5.74) is 5.35. The van der Waals surface area contributed by atoms with Crippen LogP contribution in [0.4, 0.5) is 5.69 Å². The summed E-state index contributed by atoms with van der Waals surface area (Å²) in [6.07, 6.45) is 1.91. The number of methoxy groups -OCH3 is 2. The van der Waals surface area contributed by atoms with Crippen molar-refractivity contribution < 1.29 is 14.3 Å². The summed E-state index contributed by atoms with van der Waals surface area (Å²) < 4.78 is 10.7. The molecule has 4 rings (SSSR count). The van der Waals surface area contributed by atoms with Gasteiger partial charge in [0.1, 0.15) is 11.5 Å². The third-order valence-electron chi connectivity index (χ3n) is 4.38. The van der Waals surface area contributed by atoms with Gasteiger partial charge in [-0.1, -0.05) is 6.07 Å². The van der Waals surface area contributed by atoms with Crippen molar-refractivity contribution in [3.05, 3.63) is 64.4 Å². The first kappa shape index (κ1) is 16.4. The Morgan fingerprint density at radius 2 is 1.88 bits per heavy atom. The number of carbonyl (C=O) groups excluding carboxylic acids is 1. The van der Waals surface area contributed by atoms with Gasteiger partial charge in [-0.3, -0.25) is 4.79 Å². The topological polar surface area (TPSA) is 47.6 Å². The van der Waals surface area contributed by atoms with E-state index in [1.165, 1.54) is 0 Å². The zero-order valence-electron chi connectivity index (χ0n) is 14.4. The molecule has 0 fully saturated rings. The smallest absolute Gasteiger partial charge is 0.256 e. The third kappa shape index (κ3) is 2.86. The molecule has 2 heterocycles. The van der Waals surface area contributed by atoms with Crippen LogP contribution < -0.4 is 14.8 Å². The molecule has 0 unspecified atom stereocenters. The first-order valence-electron chi connectivity index (χ1n) is 8.11. The highest BCUT2D eigenvalue weighted by Crippen LogP contribution is 2.37. The van der Waals surface area contributed by atoms with Gasteiger partial charge in [0.2, 0.25) is 0 Å². The molecule has 4 nitrogen and oxygen atoms in total. The van der Waals surface area contributed by atoms with Crippen LogP contribution in [0.25, 0.3) is 22.8 Å². The van der Waals surface area contributed by atoms with Gasteiger partial charge < -0.3 is 14.8 Å². The Balaban J connectivity index is 1.78. The number of carbonyl (C=O) groups is 1. The Morgan fingerprint density at radius 1 is 1.00 bits per heavy atom. The molecule has 0 saturated heterocycles. The number of hydrogen-bond acceptors (Lipinski definition) is 4. The lowest BCUT2D eigenvalue weighted by molar-refractivity contribution is -0.110. The Hall–Kier alpha value is -3.05. The van der Waals surface area contributed by atoms with Crippen molar-refractivity contribution in [2.75, 3.05) is 19.5 Å². The minimum Gasteiger partial charge on any atom is -0.497 e. The molecule has 0 aliphatic carbocycles. The van der Waals surface area contributed by atoms with E-state index in [9.17, 15) is 4.79 Å². The highest BCUT2D eigenvalue weighted by atomic mass is 32.1. The van der Waals surface area contributed by atoms with Crippen LogP contribution >= 0.6 is 11.3 Å². The normalized spacial score (nSPS) is 14.2. The number of benzene rings is 2. The molecule has 0 spiro atoms. The zero-order valence-corrected chi connectivity index (χ0v) is 15.2. The summed E-state index contributed by atoms with van der Waals surface area (Å²) in [4.78, 5) is 12.4. The second-order valence-electron chi connectivity index (χ2n) is 5.90. The van der Waals surface area contributed by atoms with Gasteiger partial charge in [-0.2, -0.15) is 11.3 Å². The molecule has 1 aliphatic heterocycles. The van der Waals surface area contributed by atoms with E-state index in [1.807, 2.05) is 47.9 Å². The monoisotopic (exact) mass is 363 g/mol. The number of anilines is 1. The number of amides is 1. The van der Waals surface area contributed by atoms with Crippen molar-refractivity contribution in [3.8, 4) is 22.6 Å². The lowest BCUT2D eigenvalue weighted by Crippen LogP contribution is -2.03. The summed E-state index contributed by atoms with van der Waals surface area (Å²) in [7, 11) is 3.27. The van der Waals surface area contributed by atoms with Crippen LogP contribution in [0.5, 0.6) is 11.5 Å². The number of thiophene rings is 1. The largest absolute Gasteiger partial charge is 0.497 e. The molecule has 26 heavy (non-hydrogen) atoms. The second-order valence-corrected chi connectivity index (χ2v) is 6.68. The number of fused-ring (bicyclic) bond motifs is 1. The van der Waals surface area contributed by atoms with E-state index < -0.39 is 0 Å². The quantitative estimate of drug-likeness (QED) is 0.669. The van der Waals surface area contributed by atoms with E-state index in [4.69, 9.17) is 9.47 Å². The molecular weight excluding hydrogens is 346 g/mol. The summed E-state index contributed by atoms with van der Waals surface area (Å²) in [6.45, 7) is 0. The molecule has 1 aromatic heterocycles. The van der Waals surface area contributed by atoms with Crippen LogP contribution in [0.3, 0.4) is 0 Å². The molecule has 1 aliphatic rings. The summed E-state index contributed by atoms with van der Waals surface area (Å²) in [6, 6.07) is 13.6. The molecule has 5 heteroatoms. The van der Waals surface area contributed by atoms with E-state index >= 15 is 0 Å². The van der Waals surface area contributed by atoms with Crippen molar-refractivity contribution in [2.24, 2.45) is 0 Å². The van der Waals surface area contributed by atoms with Gasteiger partial charge >= 0.3 is 0 Å². The van der Waals surface area contributed by atoms with Crippen molar-refractivity contribution in [3.63, 3.8) is 0 Å². The SMILES string of the molecule is COc1ccc2c(c1)NC(=O)C2=Cc1ccc(OC)c(-c2ccsc2)c1.